The standard InChI is InChI=1S/C17H23NO2/c1-17(2,3)9-16(20)18-10-14(12-19)15(11-18)13-7-5-4-6-8-13/h4-8,12,14-15H,9-11H2,1-3H3/t14-,15-/m1/s1. The molecule has 1 aliphatic rings. The molecule has 1 heterocycles. The first-order chi connectivity index (χ1) is 9.40. The van der Waals surface area contributed by atoms with Crippen LogP contribution >= 0.6 is 0 Å². The maximum atomic E-state index is 12.3. The summed E-state index contributed by atoms with van der Waals surface area (Å²) in [4.78, 5) is 25.5. The predicted molar refractivity (Wildman–Crippen MR) is 79.4 cm³/mol. The van der Waals surface area contributed by atoms with Crippen molar-refractivity contribution in [2.24, 2.45) is 11.3 Å². The van der Waals surface area contributed by atoms with Crippen LogP contribution in [-0.2, 0) is 9.59 Å². The van der Waals surface area contributed by atoms with Crippen LogP contribution < -0.4 is 0 Å². The molecule has 1 fully saturated rings. The molecule has 3 nitrogen and oxygen atoms in total. The van der Waals surface area contributed by atoms with E-state index in [9.17, 15) is 9.59 Å². The maximum Gasteiger partial charge on any atom is 0.223 e. The first-order valence-electron chi connectivity index (χ1n) is 7.19. The molecule has 0 spiro atoms. The fourth-order valence-electron chi connectivity index (χ4n) is 2.79. The molecule has 0 N–H and O–H groups in total. The topological polar surface area (TPSA) is 37.4 Å². The molecular formula is C17H23NO2. The quantitative estimate of drug-likeness (QED) is 0.794. The van der Waals surface area contributed by atoms with E-state index in [2.05, 4.69) is 20.8 Å². The molecule has 1 aromatic rings. The summed E-state index contributed by atoms with van der Waals surface area (Å²) in [5.41, 5.74) is 1.13. The lowest BCUT2D eigenvalue weighted by Crippen LogP contribution is -2.32. The van der Waals surface area contributed by atoms with Crippen LogP contribution in [0, 0.1) is 11.3 Å². The molecule has 1 saturated heterocycles. The van der Waals surface area contributed by atoms with Gasteiger partial charge in [-0.1, -0.05) is 51.1 Å². The Balaban J connectivity index is 2.10. The summed E-state index contributed by atoms with van der Waals surface area (Å²) in [7, 11) is 0. The maximum absolute atomic E-state index is 12.3. The molecule has 1 aromatic carbocycles. The highest BCUT2D eigenvalue weighted by molar-refractivity contribution is 5.78. The van der Waals surface area contributed by atoms with Crippen LogP contribution in [-0.4, -0.2) is 30.2 Å². The average Bonchev–Trinajstić information content (AvgIpc) is 2.82. The third kappa shape index (κ3) is 3.47. The molecule has 2 atom stereocenters. The van der Waals surface area contributed by atoms with E-state index in [0.29, 0.717) is 19.5 Å². The summed E-state index contributed by atoms with van der Waals surface area (Å²) in [5.74, 6) is 0.210. The van der Waals surface area contributed by atoms with E-state index in [4.69, 9.17) is 0 Å². The van der Waals surface area contributed by atoms with Crippen molar-refractivity contribution in [3.05, 3.63) is 35.9 Å². The Labute approximate surface area is 121 Å². The van der Waals surface area contributed by atoms with Crippen LogP contribution in [0.4, 0.5) is 0 Å². The van der Waals surface area contributed by atoms with E-state index < -0.39 is 0 Å². The summed E-state index contributed by atoms with van der Waals surface area (Å²) in [6, 6.07) is 10.0. The molecule has 0 saturated carbocycles. The molecule has 0 aliphatic carbocycles. The summed E-state index contributed by atoms with van der Waals surface area (Å²) in [6.45, 7) is 7.40. The molecule has 3 heteroatoms. The highest BCUT2D eigenvalue weighted by Gasteiger charge is 2.36. The minimum atomic E-state index is -0.0821. The minimum Gasteiger partial charge on any atom is -0.341 e. The van der Waals surface area contributed by atoms with E-state index in [-0.39, 0.29) is 23.2 Å². The van der Waals surface area contributed by atoms with Crippen molar-refractivity contribution >= 4 is 12.2 Å². The van der Waals surface area contributed by atoms with E-state index in [1.54, 1.807) is 0 Å². The van der Waals surface area contributed by atoms with Crippen molar-refractivity contribution in [2.75, 3.05) is 13.1 Å². The van der Waals surface area contributed by atoms with Gasteiger partial charge in [-0.3, -0.25) is 4.79 Å². The van der Waals surface area contributed by atoms with Crippen molar-refractivity contribution in [3.8, 4) is 0 Å². The van der Waals surface area contributed by atoms with Gasteiger partial charge in [-0.25, -0.2) is 0 Å². The van der Waals surface area contributed by atoms with Gasteiger partial charge in [0.1, 0.15) is 6.29 Å². The van der Waals surface area contributed by atoms with E-state index >= 15 is 0 Å². The molecular weight excluding hydrogens is 250 g/mol. The van der Waals surface area contributed by atoms with Gasteiger partial charge < -0.3 is 9.69 Å². The van der Waals surface area contributed by atoms with Crippen LogP contribution in [0.1, 0.15) is 38.7 Å². The molecule has 0 aromatic heterocycles. The molecule has 0 bridgehead atoms. The number of nitrogens with zero attached hydrogens (tertiary/aromatic N) is 1. The fraction of sp³-hybridized carbons (Fsp3) is 0.529. The zero-order valence-corrected chi connectivity index (χ0v) is 12.5. The fourth-order valence-corrected chi connectivity index (χ4v) is 2.79. The third-order valence-corrected chi connectivity index (χ3v) is 3.80. The van der Waals surface area contributed by atoms with Gasteiger partial charge in [-0.05, 0) is 11.0 Å². The molecule has 1 amide bonds. The van der Waals surface area contributed by atoms with Crippen molar-refractivity contribution in [1.82, 2.24) is 4.90 Å². The molecule has 2 rings (SSSR count). The first kappa shape index (κ1) is 14.8. The summed E-state index contributed by atoms with van der Waals surface area (Å²) in [6.07, 6.45) is 1.53. The zero-order chi connectivity index (χ0) is 14.8. The lowest BCUT2D eigenvalue weighted by Gasteiger charge is -2.23. The van der Waals surface area contributed by atoms with Gasteiger partial charge in [0.25, 0.3) is 0 Å². The zero-order valence-electron chi connectivity index (χ0n) is 12.5. The highest BCUT2D eigenvalue weighted by Crippen LogP contribution is 2.32. The minimum absolute atomic E-state index is 0.0153. The number of carbonyl (C=O) groups is 2. The van der Waals surface area contributed by atoms with Crippen molar-refractivity contribution in [3.63, 3.8) is 0 Å². The number of carbonyl (C=O) groups excluding carboxylic acids is 2. The SMILES string of the molecule is CC(C)(C)CC(=O)N1C[C@H](c2ccccc2)[C@@H](C=O)C1. The Morgan fingerprint density at radius 3 is 2.45 bits per heavy atom. The number of amides is 1. The lowest BCUT2D eigenvalue weighted by atomic mass is 9.90. The van der Waals surface area contributed by atoms with Gasteiger partial charge in [0.05, 0.1) is 0 Å². The Kier molecular flexibility index (Phi) is 4.26. The second-order valence-corrected chi connectivity index (χ2v) is 6.85. The van der Waals surface area contributed by atoms with Gasteiger partial charge in [-0.2, -0.15) is 0 Å². The van der Waals surface area contributed by atoms with Crippen molar-refractivity contribution in [1.29, 1.82) is 0 Å². The van der Waals surface area contributed by atoms with Crippen LogP contribution in [0.5, 0.6) is 0 Å². The van der Waals surface area contributed by atoms with Crippen LogP contribution in [0.2, 0.25) is 0 Å². The summed E-state index contributed by atoms with van der Waals surface area (Å²) < 4.78 is 0. The van der Waals surface area contributed by atoms with Gasteiger partial charge in [0, 0.05) is 31.3 Å². The summed E-state index contributed by atoms with van der Waals surface area (Å²) in [5, 5.41) is 0. The number of rotatable bonds is 3. The molecule has 0 radical (unpaired) electrons. The highest BCUT2D eigenvalue weighted by atomic mass is 16.2. The number of likely N-dealkylation sites (tertiary alicyclic amines) is 1. The Bertz CT molecular complexity index is 476. The van der Waals surface area contributed by atoms with Gasteiger partial charge in [-0.15, -0.1) is 0 Å². The Hall–Kier alpha value is -1.64. The van der Waals surface area contributed by atoms with E-state index in [1.165, 1.54) is 0 Å². The van der Waals surface area contributed by atoms with Crippen LogP contribution in [0.3, 0.4) is 0 Å². The monoisotopic (exact) mass is 273 g/mol. The smallest absolute Gasteiger partial charge is 0.223 e. The van der Waals surface area contributed by atoms with E-state index in [0.717, 1.165) is 11.8 Å². The van der Waals surface area contributed by atoms with Gasteiger partial charge >= 0.3 is 0 Å². The molecule has 0 unspecified atom stereocenters. The average molecular weight is 273 g/mol. The Morgan fingerprint density at radius 2 is 1.90 bits per heavy atom. The lowest BCUT2D eigenvalue weighted by molar-refractivity contribution is -0.132. The molecule has 20 heavy (non-hydrogen) atoms. The third-order valence-electron chi connectivity index (χ3n) is 3.80. The summed E-state index contributed by atoms with van der Waals surface area (Å²) >= 11 is 0. The Morgan fingerprint density at radius 1 is 1.25 bits per heavy atom. The normalized spacial score (nSPS) is 22.9. The second kappa shape index (κ2) is 5.78. The number of hydrogen-bond donors (Lipinski definition) is 0. The second-order valence-electron chi connectivity index (χ2n) is 6.85. The van der Waals surface area contributed by atoms with Gasteiger partial charge in [0.15, 0.2) is 0 Å². The van der Waals surface area contributed by atoms with Crippen LogP contribution in [0.15, 0.2) is 30.3 Å². The predicted octanol–water partition coefficient (Wildman–Crippen LogP) is 2.86. The van der Waals surface area contributed by atoms with Gasteiger partial charge in [0.2, 0.25) is 5.91 Å². The van der Waals surface area contributed by atoms with Crippen molar-refractivity contribution < 1.29 is 9.59 Å². The van der Waals surface area contributed by atoms with E-state index in [1.807, 2.05) is 35.2 Å². The molecule has 108 valence electrons. The number of benzene rings is 1. The largest absolute Gasteiger partial charge is 0.341 e. The number of hydrogen-bond acceptors (Lipinski definition) is 2. The molecule has 1 aliphatic heterocycles. The van der Waals surface area contributed by atoms with Crippen molar-refractivity contribution in [2.45, 2.75) is 33.1 Å². The number of aldehydes is 1. The first-order valence-corrected chi connectivity index (χ1v) is 7.19. The van der Waals surface area contributed by atoms with Crippen LogP contribution in [0.25, 0.3) is 0 Å².